The third-order valence-corrected chi connectivity index (χ3v) is 21.4. The lowest BCUT2D eigenvalue weighted by atomic mass is 9.70. The molecule has 5 aliphatic rings. The third kappa shape index (κ3) is 7.44. The van der Waals surface area contributed by atoms with Crippen LogP contribution in [0.15, 0.2) is 322 Å². The van der Waals surface area contributed by atoms with Gasteiger partial charge in [0.2, 0.25) is 0 Å². The van der Waals surface area contributed by atoms with Crippen LogP contribution in [0.4, 0.5) is 34.1 Å². The van der Waals surface area contributed by atoms with Gasteiger partial charge < -0.3 is 9.80 Å². The second-order valence-corrected chi connectivity index (χ2v) is 26.5. The molecule has 432 valence electrons. The lowest BCUT2D eigenvalue weighted by Gasteiger charge is -2.35. The van der Waals surface area contributed by atoms with E-state index in [2.05, 4.69) is 352 Å². The SMILES string of the molecule is CC1(C)c2cc(-c3ccccc3)ccc2-c2ccc(N3c4cc(-c5ccc6c(c5)C5(c7ccccc7-c7ccccc75)c5ccccc5-6)cc(c4)N(c4ccc(-c5ccccc5)cc4)c4ccc5c(c4)C(C)(c4cc(-c6ccccc6)cc3c4)c3ccccc3-5)cc21. The van der Waals surface area contributed by atoms with Gasteiger partial charge in [-0.05, 0) is 231 Å². The van der Waals surface area contributed by atoms with E-state index in [1.807, 2.05) is 0 Å². The highest BCUT2D eigenvalue weighted by molar-refractivity contribution is 5.98. The van der Waals surface area contributed by atoms with Gasteiger partial charge in [-0.25, -0.2) is 0 Å². The lowest BCUT2D eigenvalue weighted by molar-refractivity contribution is 0.660. The van der Waals surface area contributed by atoms with Crippen molar-refractivity contribution in [3.8, 4) is 89.0 Å². The third-order valence-electron chi connectivity index (χ3n) is 21.4. The Hall–Kier alpha value is -11.3. The number of hydrogen-bond donors (Lipinski definition) is 0. The van der Waals surface area contributed by atoms with Crippen molar-refractivity contribution in [2.45, 2.75) is 37.0 Å². The smallest absolute Gasteiger partial charge is 0.0725 e. The van der Waals surface area contributed by atoms with E-state index < -0.39 is 10.8 Å². The van der Waals surface area contributed by atoms with Gasteiger partial charge >= 0.3 is 0 Å². The van der Waals surface area contributed by atoms with Crippen LogP contribution in [-0.2, 0) is 16.2 Å². The molecule has 92 heavy (non-hydrogen) atoms. The highest BCUT2D eigenvalue weighted by Crippen LogP contribution is 2.64. The zero-order valence-electron chi connectivity index (χ0n) is 51.5. The first-order valence-corrected chi connectivity index (χ1v) is 32.4. The van der Waals surface area contributed by atoms with E-state index in [9.17, 15) is 0 Å². The van der Waals surface area contributed by atoms with Gasteiger partial charge in [-0.2, -0.15) is 0 Å². The van der Waals surface area contributed by atoms with Crippen molar-refractivity contribution in [2.24, 2.45) is 0 Å². The molecule has 0 amide bonds. The second-order valence-electron chi connectivity index (χ2n) is 26.5. The first-order chi connectivity index (χ1) is 45.2. The Bertz CT molecular complexity index is 5320. The van der Waals surface area contributed by atoms with Crippen molar-refractivity contribution in [3.63, 3.8) is 0 Å². The molecular formula is C90H62N2. The molecule has 14 aromatic carbocycles. The molecule has 2 heteroatoms. The predicted octanol–water partition coefficient (Wildman–Crippen LogP) is 23.6. The van der Waals surface area contributed by atoms with E-state index in [0.717, 1.165) is 45.3 Å². The monoisotopic (exact) mass is 1170 g/mol. The summed E-state index contributed by atoms with van der Waals surface area (Å²) in [6.07, 6.45) is 0. The zero-order chi connectivity index (χ0) is 61.0. The molecule has 1 unspecified atom stereocenters. The summed E-state index contributed by atoms with van der Waals surface area (Å²) in [5.41, 5.74) is 36.7. The molecule has 0 fully saturated rings. The molecule has 0 saturated heterocycles. The van der Waals surface area contributed by atoms with E-state index in [1.165, 1.54) is 128 Å². The van der Waals surface area contributed by atoms with Gasteiger partial charge in [-0.1, -0.05) is 250 Å². The second kappa shape index (κ2) is 19.6. The van der Waals surface area contributed by atoms with Crippen molar-refractivity contribution >= 4 is 34.1 Å². The summed E-state index contributed by atoms with van der Waals surface area (Å²) in [5.74, 6) is 0. The topological polar surface area (TPSA) is 6.48 Å². The first-order valence-electron chi connectivity index (χ1n) is 32.4. The molecule has 19 rings (SSSR count). The summed E-state index contributed by atoms with van der Waals surface area (Å²) in [4.78, 5) is 5.11. The number of rotatable bonds is 6. The maximum Gasteiger partial charge on any atom is 0.0725 e. The Labute approximate surface area is 538 Å². The Balaban J connectivity index is 0.904. The molecule has 14 aromatic rings. The molecular weight excluding hydrogens is 1110 g/mol. The van der Waals surface area contributed by atoms with Gasteiger partial charge in [0.05, 0.1) is 5.41 Å². The Morgan fingerprint density at radius 2 is 0.533 bits per heavy atom. The average molecular weight is 1170 g/mol. The van der Waals surface area contributed by atoms with Gasteiger partial charge in [0.25, 0.3) is 0 Å². The van der Waals surface area contributed by atoms with E-state index in [-0.39, 0.29) is 5.41 Å². The van der Waals surface area contributed by atoms with Crippen molar-refractivity contribution in [2.75, 3.05) is 9.80 Å². The predicted molar refractivity (Wildman–Crippen MR) is 382 cm³/mol. The van der Waals surface area contributed by atoms with E-state index in [1.54, 1.807) is 0 Å². The van der Waals surface area contributed by atoms with E-state index >= 15 is 0 Å². The Kier molecular flexibility index (Phi) is 11.2. The summed E-state index contributed by atoms with van der Waals surface area (Å²) in [7, 11) is 0. The fourth-order valence-corrected chi connectivity index (χ4v) is 17.1. The van der Waals surface area contributed by atoms with Crippen LogP contribution in [0.25, 0.3) is 89.0 Å². The average Bonchev–Trinajstić information content (AvgIpc) is 1.51. The maximum absolute atomic E-state index is 2.59. The molecule has 0 radical (unpaired) electrons. The van der Waals surface area contributed by atoms with Crippen molar-refractivity contribution < 1.29 is 0 Å². The van der Waals surface area contributed by atoms with Gasteiger partial charge in [0.15, 0.2) is 0 Å². The molecule has 1 spiro atoms. The first kappa shape index (κ1) is 52.6. The number of nitrogens with zero attached hydrogens (tertiary/aromatic N) is 2. The van der Waals surface area contributed by atoms with Crippen LogP contribution in [0, 0.1) is 0 Å². The lowest BCUT2D eigenvalue weighted by Crippen LogP contribution is -2.25. The molecule has 0 saturated carbocycles. The van der Waals surface area contributed by atoms with Crippen LogP contribution in [0.3, 0.4) is 0 Å². The highest BCUT2D eigenvalue weighted by Gasteiger charge is 2.52. The normalized spacial score (nSPS) is 15.7. The quantitative estimate of drug-likeness (QED) is 0.164. The van der Waals surface area contributed by atoms with Gasteiger partial charge in [-0.15, -0.1) is 0 Å². The van der Waals surface area contributed by atoms with Crippen molar-refractivity contribution in [3.05, 3.63) is 372 Å². The fourth-order valence-electron chi connectivity index (χ4n) is 17.1. The minimum Gasteiger partial charge on any atom is -0.310 e. The van der Waals surface area contributed by atoms with Crippen LogP contribution in [-0.4, -0.2) is 0 Å². The molecule has 0 N–H and O–H groups in total. The molecule has 0 aromatic heterocycles. The summed E-state index contributed by atoms with van der Waals surface area (Å²) in [6.45, 7) is 7.31. The summed E-state index contributed by atoms with van der Waals surface area (Å²) >= 11 is 0. The molecule has 2 nitrogen and oxygen atoms in total. The summed E-state index contributed by atoms with van der Waals surface area (Å²) in [5, 5.41) is 0. The van der Waals surface area contributed by atoms with Crippen molar-refractivity contribution in [1.29, 1.82) is 0 Å². The number of fused-ring (bicyclic) bond motifs is 22. The minimum atomic E-state index is -0.540. The van der Waals surface area contributed by atoms with Gasteiger partial charge in [0, 0.05) is 45.0 Å². The van der Waals surface area contributed by atoms with Crippen LogP contribution in [0.2, 0.25) is 0 Å². The Morgan fingerprint density at radius 1 is 0.196 bits per heavy atom. The number of anilines is 6. The molecule has 4 aliphatic carbocycles. The van der Waals surface area contributed by atoms with Crippen LogP contribution in [0.5, 0.6) is 0 Å². The molecule has 6 bridgehead atoms. The number of hydrogen-bond acceptors (Lipinski definition) is 2. The maximum atomic E-state index is 2.59. The van der Waals surface area contributed by atoms with Crippen molar-refractivity contribution in [1.82, 2.24) is 0 Å². The standard InChI is InChI=1S/C90H62N2/c1-88(2)84-51-61(58-23-9-5-10-24-58)37-43-76(84)77-45-41-67(55-85(77)88)92-69-48-63(59-25-11-6-12-26-59)47-65(53-69)89(3)80-31-17-13-27-72(80)78-46-42-68(56-86(78)89)91(66-39-35-60(36-40-66)57-21-7-4-8-22-57)70-49-64(50-71(92)54-70)62-38-44-79-75-30-16-20-34-83(75)90(87(79)52-62)81-32-18-14-28-73(81)74-29-15-19-33-82(74)90/h4-56H,1-3H3. The largest absolute Gasteiger partial charge is 0.310 e. The van der Waals surface area contributed by atoms with E-state index in [0.29, 0.717) is 0 Å². The zero-order valence-corrected chi connectivity index (χ0v) is 51.5. The molecule has 1 heterocycles. The highest BCUT2D eigenvalue weighted by atomic mass is 15.2. The van der Waals surface area contributed by atoms with Gasteiger partial charge in [0.1, 0.15) is 0 Å². The Morgan fingerprint density at radius 3 is 1.09 bits per heavy atom. The molecule has 1 atom stereocenters. The van der Waals surface area contributed by atoms with Crippen LogP contribution < -0.4 is 9.80 Å². The van der Waals surface area contributed by atoms with Crippen LogP contribution >= 0.6 is 0 Å². The minimum absolute atomic E-state index is 0.305. The van der Waals surface area contributed by atoms with Crippen LogP contribution in [0.1, 0.15) is 70.8 Å². The number of benzene rings is 14. The van der Waals surface area contributed by atoms with Gasteiger partial charge in [-0.3, -0.25) is 0 Å². The van der Waals surface area contributed by atoms with E-state index in [4.69, 9.17) is 0 Å². The summed E-state index contributed by atoms with van der Waals surface area (Å²) in [6, 6.07) is 122. The molecule has 1 aliphatic heterocycles. The fraction of sp³-hybridized carbons (Fsp3) is 0.0667. The summed E-state index contributed by atoms with van der Waals surface area (Å²) < 4.78 is 0.